The number of rotatable bonds is 6. The molecule has 0 radical (unpaired) electrons. The third kappa shape index (κ3) is 3.96. The second kappa shape index (κ2) is 8.75. The zero-order chi connectivity index (χ0) is 25.7. The van der Waals surface area contributed by atoms with Gasteiger partial charge in [0.1, 0.15) is 29.6 Å². The number of fused-ring (bicyclic) bond motifs is 2. The molecular formula is C25H23FN10O. The van der Waals surface area contributed by atoms with Crippen molar-refractivity contribution in [2.75, 3.05) is 5.32 Å². The van der Waals surface area contributed by atoms with Crippen LogP contribution in [0.25, 0.3) is 50.5 Å². The van der Waals surface area contributed by atoms with Crippen LogP contribution in [-0.4, -0.2) is 56.0 Å². The number of aliphatic hydroxyl groups is 1. The van der Waals surface area contributed by atoms with Crippen molar-refractivity contribution in [1.29, 1.82) is 0 Å². The number of hydrogen-bond donors (Lipinski definition) is 4. The Morgan fingerprint density at radius 3 is 2.78 bits per heavy atom. The maximum Gasteiger partial charge on any atom is 0.166 e. The molecule has 0 aromatic carbocycles. The van der Waals surface area contributed by atoms with Crippen LogP contribution in [0.15, 0.2) is 49.4 Å². The maximum atomic E-state index is 16.0. The summed E-state index contributed by atoms with van der Waals surface area (Å²) in [5.74, 6) is 0.447. The van der Waals surface area contributed by atoms with Gasteiger partial charge >= 0.3 is 0 Å². The van der Waals surface area contributed by atoms with Gasteiger partial charge in [0.2, 0.25) is 0 Å². The standard InChI is InChI=1S/C25H23FN10O/c1-12(2)25(37)31-15-6-14(7-27-8-15)16-9-29-22-18(19(16)26)21(34-35-22)23-32-17-4-5-28-24(20(17)33-23)36-10-13(3)30-11-36/h4-12,25,31,37H,1-3H3,(H,32,33)(H,29,34,35). The molecule has 6 heterocycles. The Bertz CT molecular complexity index is 1750. The van der Waals surface area contributed by atoms with Gasteiger partial charge in [-0.05, 0) is 25.0 Å². The van der Waals surface area contributed by atoms with Gasteiger partial charge in [-0.2, -0.15) is 5.10 Å². The lowest BCUT2D eigenvalue weighted by molar-refractivity contribution is 0.153. The lowest BCUT2D eigenvalue weighted by atomic mass is 10.1. The maximum absolute atomic E-state index is 16.0. The SMILES string of the molecule is Cc1cn(-c2nccc3[nH]c(-c4n[nH]c5ncc(-c6cncc(NC(O)C(C)C)c6)c(F)c45)nc23)cn1. The van der Waals surface area contributed by atoms with Crippen molar-refractivity contribution in [3.8, 4) is 28.5 Å². The summed E-state index contributed by atoms with van der Waals surface area (Å²) in [6.07, 6.45) is 8.98. The monoisotopic (exact) mass is 498 g/mol. The van der Waals surface area contributed by atoms with Gasteiger partial charge in [0.05, 0.1) is 28.5 Å². The van der Waals surface area contributed by atoms with E-state index < -0.39 is 12.0 Å². The van der Waals surface area contributed by atoms with Gasteiger partial charge in [-0.1, -0.05) is 13.8 Å². The normalized spacial score (nSPS) is 12.6. The number of aryl methyl sites for hydroxylation is 1. The molecule has 4 N–H and O–H groups in total. The van der Waals surface area contributed by atoms with Crippen LogP contribution in [0.4, 0.5) is 10.1 Å². The van der Waals surface area contributed by atoms with E-state index in [1.165, 1.54) is 6.20 Å². The third-order valence-electron chi connectivity index (χ3n) is 6.08. The lowest BCUT2D eigenvalue weighted by Gasteiger charge is -2.17. The molecule has 37 heavy (non-hydrogen) atoms. The predicted molar refractivity (Wildman–Crippen MR) is 136 cm³/mol. The first-order valence-electron chi connectivity index (χ1n) is 11.7. The molecule has 186 valence electrons. The van der Waals surface area contributed by atoms with Crippen molar-refractivity contribution >= 4 is 27.8 Å². The van der Waals surface area contributed by atoms with E-state index in [-0.39, 0.29) is 22.5 Å². The largest absolute Gasteiger partial charge is 0.374 e. The second-order valence-electron chi connectivity index (χ2n) is 9.12. The number of hydrogen-bond acceptors (Lipinski definition) is 8. The van der Waals surface area contributed by atoms with Crippen molar-refractivity contribution in [2.45, 2.75) is 27.0 Å². The van der Waals surface area contributed by atoms with Crippen molar-refractivity contribution in [2.24, 2.45) is 5.92 Å². The number of nitrogens with one attached hydrogen (secondary N) is 3. The number of aromatic amines is 2. The number of nitrogens with zero attached hydrogens (tertiary/aromatic N) is 7. The highest BCUT2D eigenvalue weighted by atomic mass is 19.1. The topological polar surface area (TPSA) is 146 Å². The first-order valence-corrected chi connectivity index (χ1v) is 11.7. The molecule has 6 aromatic rings. The van der Waals surface area contributed by atoms with Crippen LogP contribution in [0.1, 0.15) is 19.5 Å². The predicted octanol–water partition coefficient (Wildman–Crippen LogP) is 3.98. The summed E-state index contributed by atoms with van der Waals surface area (Å²) in [5, 5.41) is 20.5. The van der Waals surface area contributed by atoms with Crippen molar-refractivity contribution < 1.29 is 9.50 Å². The average molecular weight is 499 g/mol. The molecule has 0 fully saturated rings. The van der Waals surface area contributed by atoms with Gasteiger partial charge in [0, 0.05) is 35.9 Å². The second-order valence-corrected chi connectivity index (χ2v) is 9.12. The minimum absolute atomic E-state index is 0.00998. The minimum Gasteiger partial charge on any atom is -0.374 e. The Morgan fingerprint density at radius 1 is 1.14 bits per heavy atom. The van der Waals surface area contributed by atoms with E-state index in [9.17, 15) is 5.11 Å². The number of pyridine rings is 3. The van der Waals surface area contributed by atoms with Crippen LogP contribution in [0.5, 0.6) is 0 Å². The molecule has 0 aliphatic carbocycles. The molecule has 0 amide bonds. The summed E-state index contributed by atoms with van der Waals surface area (Å²) in [7, 11) is 0. The summed E-state index contributed by atoms with van der Waals surface area (Å²) in [6, 6.07) is 3.51. The number of imidazole rings is 2. The van der Waals surface area contributed by atoms with E-state index >= 15 is 4.39 Å². The van der Waals surface area contributed by atoms with Crippen molar-refractivity contribution in [3.63, 3.8) is 0 Å². The molecule has 0 saturated carbocycles. The van der Waals surface area contributed by atoms with Gasteiger partial charge in [-0.3, -0.25) is 14.6 Å². The number of halogens is 1. The number of aromatic nitrogens is 9. The zero-order valence-electron chi connectivity index (χ0n) is 20.2. The summed E-state index contributed by atoms with van der Waals surface area (Å²) >= 11 is 0. The zero-order valence-corrected chi connectivity index (χ0v) is 20.2. The fraction of sp³-hybridized carbons (Fsp3) is 0.200. The van der Waals surface area contributed by atoms with Crippen LogP contribution in [-0.2, 0) is 0 Å². The highest BCUT2D eigenvalue weighted by Gasteiger charge is 2.22. The first-order chi connectivity index (χ1) is 17.9. The average Bonchev–Trinajstić information content (AvgIpc) is 3.62. The molecule has 6 rings (SSSR count). The van der Waals surface area contributed by atoms with Crippen LogP contribution in [0.3, 0.4) is 0 Å². The number of anilines is 1. The molecule has 12 heteroatoms. The molecule has 11 nitrogen and oxygen atoms in total. The van der Waals surface area contributed by atoms with E-state index in [1.54, 1.807) is 41.6 Å². The Hall–Kier alpha value is -4.71. The quantitative estimate of drug-likeness (QED) is 0.252. The summed E-state index contributed by atoms with van der Waals surface area (Å²) < 4.78 is 17.8. The van der Waals surface area contributed by atoms with Crippen LogP contribution < -0.4 is 5.32 Å². The Morgan fingerprint density at radius 2 is 2.00 bits per heavy atom. The number of aliphatic hydroxyl groups excluding tert-OH is 1. The third-order valence-corrected chi connectivity index (χ3v) is 6.08. The number of H-pyrrole nitrogens is 2. The van der Waals surface area contributed by atoms with Gasteiger partial charge in [-0.15, -0.1) is 0 Å². The van der Waals surface area contributed by atoms with E-state index in [1.807, 2.05) is 27.0 Å². The summed E-state index contributed by atoms with van der Waals surface area (Å²) in [4.78, 5) is 25.2. The first kappa shape index (κ1) is 22.7. The van der Waals surface area contributed by atoms with E-state index in [2.05, 4.69) is 40.4 Å². The van der Waals surface area contributed by atoms with E-state index in [0.29, 0.717) is 34.1 Å². The molecule has 0 aliphatic rings. The molecule has 1 unspecified atom stereocenters. The molecule has 6 aromatic heterocycles. The van der Waals surface area contributed by atoms with Gasteiger partial charge < -0.3 is 15.4 Å². The van der Waals surface area contributed by atoms with Crippen LogP contribution >= 0.6 is 0 Å². The summed E-state index contributed by atoms with van der Waals surface area (Å²) in [5.41, 5.74) is 4.07. The Kier molecular flexibility index (Phi) is 5.37. The van der Waals surface area contributed by atoms with Crippen LogP contribution in [0, 0.1) is 18.7 Å². The van der Waals surface area contributed by atoms with Crippen molar-refractivity contribution in [3.05, 3.63) is 61.0 Å². The van der Waals surface area contributed by atoms with Gasteiger partial charge in [-0.25, -0.2) is 24.3 Å². The fourth-order valence-corrected chi connectivity index (χ4v) is 4.09. The lowest BCUT2D eigenvalue weighted by Crippen LogP contribution is -2.24. The summed E-state index contributed by atoms with van der Waals surface area (Å²) in [6.45, 7) is 5.67. The highest BCUT2D eigenvalue weighted by molar-refractivity contribution is 5.95. The van der Waals surface area contributed by atoms with Gasteiger partial charge in [0.15, 0.2) is 17.3 Å². The Labute approximate surface area is 209 Å². The van der Waals surface area contributed by atoms with Gasteiger partial charge in [0.25, 0.3) is 0 Å². The Balaban J connectivity index is 1.45. The molecule has 0 spiro atoms. The minimum atomic E-state index is -0.762. The molecule has 0 saturated heterocycles. The molecule has 0 bridgehead atoms. The van der Waals surface area contributed by atoms with E-state index in [0.717, 1.165) is 11.2 Å². The molecular weight excluding hydrogens is 475 g/mol. The fourth-order valence-electron chi connectivity index (χ4n) is 4.09. The smallest absolute Gasteiger partial charge is 0.166 e. The molecule has 1 atom stereocenters. The highest BCUT2D eigenvalue weighted by Crippen LogP contribution is 2.33. The molecule has 0 aliphatic heterocycles. The van der Waals surface area contributed by atoms with Crippen LogP contribution in [0.2, 0.25) is 0 Å². The van der Waals surface area contributed by atoms with Crippen molar-refractivity contribution in [1.82, 2.24) is 44.7 Å². The van der Waals surface area contributed by atoms with E-state index in [4.69, 9.17) is 4.98 Å².